The van der Waals surface area contributed by atoms with Crippen molar-refractivity contribution < 1.29 is 0 Å². The van der Waals surface area contributed by atoms with Gasteiger partial charge in [-0.15, -0.1) is 0 Å². The van der Waals surface area contributed by atoms with Crippen molar-refractivity contribution >= 4 is 11.5 Å². The molecule has 1 aromatic heterocycles. The molecule has 0 aliphatic carbocycles. The van der Waals surface area contributed by atoms with Crippen LogP contribution in [0.2, 0.25) is 0 Å². The second-order valence-corrected chi connectivity index (χ2v) is 5.64. The van der Waals surface area contributed by atoms with Gasteiger partial charge in [0.15, 0.2) is 0 Å². The fourth-order valence-electron chi connectivity index (χ4n) is 2.58. The number of hydrogen-bond acceptors (Lipinski definition) is 5. The third-order valence-corrected chi connectivity index (χ3v) is 4.07. The summed E-state index contributed by atoms with van der Waals surface area (Å²) in [4.78, 5) is 13.1. The normalized spacial score (nSPS) is 15.8. The minimum absolute atomic E-state index is 0.434. The summed E-state index contributed by atoms with van der Waals surface area (Å²) in [5.74, 6) is 0.434. The van der Waals surface area contributed by atoms with Crippen LogP contribution in [0.4, 0.5) is 5.82 Å². The Morgan fingerprint density at radius 2 is 1.73 bits per heavy atom. The first-order chi connectivity index (χ1) is 10.6. The summed E-state index contributed by atoms with van der Waals surface area (Å²) in [5.41, 5.74) is 9.66. The number of nitrogen functional groups attached to an aromatic ring is 1. The average molecular weight is 295 g/mol. The number of rotatable bonds is 3. The minimum atomic E-state index is 0.434. The summed E-state index contributed by atoms with van der Waals surface area (Å²) in [7, 11) is 2.16. The molecule has 3 rings (SSSR count). The van der Waals surface area contributed by atoms with E-state index in [1.807, 2.05) is 0 Å². The van der Waals surface area contributed by atoms with E-state index in [9.17, 15) is 0 Å². The van der Waals surface area contributed by atoms with Gasteiger partial charge < -0.3 is 15.5 Å². The summed E-state index contributed by atoms with van der Waals surface area (Å²) in [6.07, 6.45) is 3.27. The molecule has 0 atom stereocenters. The Labute approximate surface area is 131 Å². The van der Waals surface area contributed by atoms with Crippen LogP contribution in [0.3, 0.4) is 0 Å². The number of aromatic nitrogens is 2. The van der Waals surface area contributed by atoms with Crippen molar-refractivity contribution in [1.82, 2.24) is 19.8 Å². The SMILES string of the molecule is C=C(c1ccc(-c2cnc(N)cn2)cc1)N1CCN(C)CC1. The van der Waals surface area contributed by atoms with E-state index in [1.54, 1.807) is 12.4 Å². The van der Waals surface area contributed by atoms with E-state index in [0.717, 1.165) is 48.7 Å². The van der Waals surface area contributed by atoms with Gasteiger partial charge in [-0.3, -0.25) is 4.98 Å². The largest absolute Gasteiger partial charge is 0.382 e. The third kappa shape index (κ3) is 3.09. The number of anilines is 1. The van der Waals surface area contributed by atoms with Gasteiger partial charge >= 0.3 is 0 Å². The number of hydrogen-bond donors (Lipinski definition) is 1. The Hall–Kier alpha value is -2.40. The van der Waals surface area contributed by atoms with E-state index in [2.05, 4.69) is 57.7 Å². The Kier molecular flexibility index (Phi) is 4.06. The van der Waals surface area contributed by atoms with Gasteiger partial charge in [-0.1, -0.05) is 30.8 Å². The van der Waals surface area contributed by atoms with Crippen LogP contribution < -0.4 is 5.73 Å². The molecule has 22 heavy (non-hydrogen) atoms. The Morgan fingerprint density at radius 1 is 1.05 bits per heavy atom. The number of likely N-dealkylation sites (N-methyl/N-ethyl adjacent to an activating group) is 1. The first-order valence-electron chi connectivity index (χ1n) is 7.44. The molecule has 114 valence electrons. The molecule has 2 N–H and O–H groups in total. The van der Waals surface area contributed by atoms with Crippen LogP contribution in [-0.4, -0.2) is 53.0 Å². The van der Waals surface area contributed by atoms with Crippen LogP contribution in [0.5, 0.6) is 0 Å². The predicted octanol–water partition coefficient (Wildman–Crippen LogP) is 1.94. The van der Waals surface area contributed by atoms with Gasteiger partial charge in [-0.25, -0.2) is 4.98 Å². The molecule has 1 aliphatic heterocycles. The summed E-state index contributed by atoms with van der Waals surface area (Å²) >= 11 is 0. The van der Waals surface area contributed by atoms with Gasteiger partial charge in [-0.2, -0.15) is 0 Å². The smallest absolute Gasteiger partial charge is 0.141 e. The van der Waals surface area contributed by atoms with Crippen LogP contribution in [0.1, 0.15) is 5.56 Å². The molecule has 0 bridgehead atoms. The fourth-order valence-corrected chi connectivity index (χ4v) is 2.58. The number of piperazine rings is 1. The van der Waals surface area contributed by atoms with Gasteiger partial charge in [0.25, 0.3) is 0 Å². The monoisotopic (exact) mass is 295 g/mol. The first kappa shape index (κ1) is 14.5. The molecule has 0 radical (unpaired) electrons. The molecule has 5 heteroatoms. The summed E-state index contributed by atoms with van der Waals surface area (Å²) in [6.45, 7) is 8.47. The summed E-state index contributed by atoms with van der Waals surface area (Å²) < 4.78 is 0. The lowest BCUT2D eigenvalue weighted by atomic mass is 10.1. The highest BCUT2D eigenvalue weighted by Gasteiger charge is 2.16. The van der Waals surface area contributed by atoms with Crippen molar-refractivity contribution in [3.05, 3.63) is 48.8 Å². The van der Waals surface area contributed by atoms with Crippen molar-refractivity contribution in [3.63, 3.8) is 0 Å². The van der Waals surface area contributed by atoms with Crippen LogP contribution in [0, 0.1) is 0 Å². The second-order valence-electron chi connectivity index (χ2n) is 5.64. The van der Waals surface area contributed by atoms with Gasteiger partial charge in [0.05, 0.1) is 18.1 Å². The maximum atomic E-state index is 5.57. The predicted molar refractivity (Wildman–Crippen MR) is 90.0 cm³/mol. The van der Waals surface area contributed by atoms with Crippen molar-refractivity contribution in [2.45, 2.75) is 0 Å². The maximum Gasteiger partial charge on any atom is 0.141 e. The highest BCUT2D eigenvalue weighted by atomic mass is 15.2. The molecule has 1 aromatic carbocycles. The van der Waals surface area contributed by atoms with Gasteiger partial charge in [0.2, 0.25) is 0 Å². The minimum Gasteiger partial charge on any atom is -0.382 e. The molecular formula is C17H21N5. The van der Waals surface area contributed by atoms with Crippen LogP contribution in [-0.2, 0) is 0 Å². The van der Waals surface area contributed by atoms with Crippen LogP contribution >= 0.6 is 0 Å². The molecular weight excluding hydrogens is 274 g/mol. The standard InChI is InChI=1S/C17H21N5/c1-13(22-9-7-21(2)8-10-22)14-3-5-15(6-4-14)16-11-20-17(18)12-19-16/h3-6,11-12H,1,7-10H2,2H3,(H2,18,20). The number of nitrogens with zero attached hydrogens (tertiary/aromatic N) is 4. The third-order valence-electron chi connectivity index (χ3n) is 4.07. The molecule has 2 aromatic rings. The highest BCUT2D eigenvalue weighted by Crippen LogP contribution is 2.23. The average Bonchev–Trinajstić information content (AvgIpc) is 2.56. The lowest BCUT2D eigenvalue weighted by Gasteiger charge is -2.35. The van der Waals surface area contributed by atoms with E-state index in [1.165, 1.54) is 0 Å². The molecule has 0 unspecified atom stereocenters. The van der Waals surface area contributed by atoms with E-state index in [-0.39, 0.29) is 0 Å². The van der Waals surface area contributed by atoms with E-state index >= 15 is 0 Å². The highest BCUT2D eigenvalue weighted by molar-refractivity contribution is 5.67. The molecule has 1 aliphatic rings. The zero-order valence-corrected chi connectivity index (χ0v) is 12.9. The Bertz CT molecular complexity index is 640. The van der Waals surface area contributed by atoms with Crippen molar-refractivity contribution in [1.29, 1.82) is 0 Å². The van der Waals surface area contributed by atoms with Crippen molar-refractivity contribution in [2.24, 2.45) is 0 Å². The first-order valence-corrected chi connectivity index (χ1v) is 7.44. The summed E-state index contributed by atoms with van der Waals surface area (Å²) in [6, 6.07) is 8.29. The molecule has 1 fully saturated rings. The molecule has 5 nitrogen and oxygen atoms in total. The van der Waals surface area contributed by atoms with Crippen LogP contribution in [0.15, 0.2) is 43.2 Å². The fraction of sp³-hybridized carbons (Fsp3) is 0.294. The summed E-state index contributed by atoms with van der Waals surface area (Å²) in [5, 5.41) is 0. The topological polar surface area (TPSA) is 58.3 Å². The Balaban J connectivity index is 1.73. The second kappa shape index (κ2) is 6.15. The van der Waals surface area contributed by atoms with Gasteiger partial charge in [-0.05, 0) is 12.6 Å². The zero-order chi connectivity index (χ0) is 15.5. The lowest BCUT2D eigenvalue weighted by Crippen LogP contribution is -2.43. The Morgan fingerprint density at radius 3 is 2.32 bits per heavy atom. The van der Waals surface area contributed by atoms with E-state index in [4.69, 9.17) is 5.73 Å². The molecule has 0 saturated carbocycles. The molecule has 2 heterocycles. The van der Waals surface area contributed by atoms with Crippen molar-refractivity contribution in [2.75, 3.05) is 39.0 Å². The lowest BCUT2D eigenvalue weighted by molar-refractivity contribution is 0.207. The molecule has 1 saturated heterocycles. The number of benzene rings is 1. The van der Waals surface area contributed by atoms with E-state index in [0.29, 0.717) is 5.82 Å². The number of nitrogens with two attached hydrogens (primary N) is 1. The molecule has 0 amide bonds. The quantitative estimate of drug-likeness (QED) is 0.938. The van der Waals surface area contributed by atoms with Gasteiger partial charge in [0, 0.05) is 37.4 Å². The van der Waals surface area contributed by atoms with Crippen molar-refractivity contribution in [3.8, 4) is 11.3 Å². The molecule has 0 spiro atoms. The van der Waals surface area contributed by atoms with E-state index < -0.39 is 0 Å². The zero-order valence-electron chi connectivity index (χ0n) is 12.9. The maximum absolute atomic E-state index is 5.57. The van der Waals surface area contributed by atoms with Gasteiger partial charge in [0.1, 0.15) is 5.82 Å². The van der Waals surface area contributed by atoms with Crippen LogP contribution in [0.25, 0.3) is 17.0 Å².